The number of benzene rings is 1. The van der Waals surface area contributed by atoms with E-state index in [9.17, 15) is 13.2 Å². The molecule has 0 N–H and O–H groups in total. The fraction of sp³-hybridized carbons (Fsp3) is 0.400. The van der Waals surface area contributed by atoms with Gasteiger partial charge in [-0.25, -0.2) is 13.2 Å². The van der Waals surface area contributed by atoms with E-state index in [2.05, 4.69) is 0 Å². The molecule has 0 aliphatic carbocycles. The van der Waals surface area contributed by atoms with E-state index in [-0.39, 0.29) is 6.61 Å². The Balaban J connectivity index is 2.69. The SMILES string of the molecule is CCCOCc1cc(F)c(F)c(F)c1. The average Bonchev–Trinajstić information content (AvgIpc) is 2.14. The van der Waals surface area contributed by atoms with Crippen LogP contribution in [0.3, 0.4) is 0 Å². The molecule has 0 saturated heterocycles. The second-order valence-electron chi connectivity index (χ2n) is 2.93. The van der Waals surface area contributed by atoms with Gasteiger partial charge >= 0.3 is 0 Å². The van der Waals surface area contributed by atoms with Crippen molar-refractivity contribution in [3.05, 3.63) is 35.1 Å². The Hall–Kier alpha value is -1.03. The molecule has 1 aromatic carbocycles. The Bertz CT molecular complexity index is 289. The fourth-order valence-corrected chi connectivity index (χ4v) is 1.03. The van der Waals surface area contributed by atoms with Gasteiger partial charge in [0.1, 0.15) is 0 Å². The van der Waals surface area contributed by atoms with E-state index in [0.717, 1.165) is 18.6 Å². The summed E-state index contributed by atoms with van der Waals surface area (Å²) in [6.45, 7) is 2.54. The van der Waals surface area contributed by atoms with Gasteiger partial charge < -0.3 is 4.74 Å². The van der Waals surface area contributed by atoms with E-state index >= 15 is 0 Å². The van der Waals surface area contributed by atoms with E-state index in [1.165, 1.54) is 0 Å². The lowest BCUT2D eigenvalue weighted by molar-refractivity contribution is 0.121. The molecule has 0 radical (unpaired) electrons. The van der Waals surface area contributed by atoms with Crippen LogP contribution in [0.5, 0.6) is 0 Å². The van der Waals surface area contributed by atoms with Crippen LogP contribution in [0, 0.1) is 17.5 Å². The number of rotatable bonds is 4. The molecule has 0 amide bonds. The van der Waals surface area contributed by atoms with E-state index in [0.29, 0.717) is 12.2 Å². The van der Waals surface area contributed by atoms with Gasteiger partial charge in [0.05, 0.1) is 6.61 Å². The quantitative estimate of drug-likeness (QED) is 0.541. The van der Waals surface area contributed by atoms with Crippen molar-refractivity contribution in [2.75, 3.05) is 6.61 Å². The van der Waals surface area contributed by atoms with Crippen LogP contribution in [0.2, 0.25) is 0 Å². The van der Waals surface area contributed by atoms with Crippen molar-refractivity contribution in [3.8, 4) is 0 Å². The largest absolute Gasteiger partial charge is 0.377 e. The summed E-state index contributed by atoms with van der Waals surface area (Å²) in [5, 5.41) is 0. The molecule has 0 bridgehead atoms. The normalized spacial score (nSPS) is 10.6. The second kappa shape index (κ2) is 5.00. The summed E-state index contributed by atoms with van der Waals surface area (Å²) in [6, 6.07) is 1.88. The molecule has 0 saturated carbocycles. The van der Waals surface area contributed by atoms with Gasteiger partial charge in [0.2, 0.25) is 0 Å². The molecule has 14 heavy (non-hydrogen) atoms. The zero-order chi connectivity index (χ0) is 10.6. The number of ether oxygens (including phenoxy) is 1. The van der Waals surface area contributed by atoms with Gasteiger partial charge in [-0.05, 0) is 24.1 Å². The minimum atomic E-state index is -1.44. The second-order valence-corrected chi connectivity index (χ2v) is 2.93. The number of hydrogen-bond acceptors (Lipinski definition) is 1. The van der Waals surface area contributed by atoms with Gasteiger partial charge in [0, 0.05) is 6.61 Å². The van der Waals surface area contributed by atoms with Crippen molar-refractivity contribution < 1.29 is 17.9 Å². The molecule has 0 heterocycles. The molecule has 0 aliphatic rings. The third-order valence-electron chi connectivity index (χ3n) is 1.66. The van der Waals surface area contributed by atoms with E-state index in [1.54, 1.807) is 0 Å². The van der Waals surface area contributed by atoms with Gasteiger partial charge in [-0.3, -0.25) is 0 Å². The van der Waals surface area contributed by atoms with Crippen LogP contribution < -0.4 is 0 Å². The zero-order valence-electron chi connectivity index (χ0n) is 7.82. The Kier molecular flexibility index (Phi) is 3.95. The van der Waals surface area contributed by atoms with Crippen molar-refractivity contribution in [2.45, 2.75) is 20.0 Å². The molecule has 1 rings (SSSR count). The topological polar surface area (TPSA) is 9.23 Å². The maximum absolute atomic E-state index is 12.7. The van der Waals surface area contributed by atoms with Crippen LogP contribution in [0.25, 0.3) is 0 Å². The van der Waals surface area contributed by atoms with E-state index in [4.69, 9.17) is 4.74 Å². The zero-order valence-corrected chi connectivity index (χ0v) is 7.82. The minimum absolute atomic E-state index is 0.0992. The Morgan fingerprint density at radius 3 is 2.21 bits per heavy atom. The van der Waals surface area contributed by atoms with Crippen LogP contribution in [0.4, 0.5) is 13.2 Å². The molecule has 0 aromatic heterocycles. The minimum Gasteiger partial charge on any atom is -0.377 e. The van der Waals surface area contributed by atoms with Gasteiger partial charge in [-0.2, -0.15) is 0 Å². The van der Waals surface area contributed by atoms with Crippen LogP contribution in [0.1, 0.15) is 18.9 Å². The summed E-state index contributed by atoms with van der Waals surface area (Å²) < 4.78 is 42.9. The summed E-state index contributed by atoms with van der Waals surface area (Å²) in [6.07, 6.45) is 0.826. The highest BCUT2D eigenvalue weighted by atomic mass is 19.2. The molecule has 1 nitrogen and oxygen atoms in total. The first-order valence-electron chi connectivity index (χ1n) is 4.36. The first-order chi connectivity index (χ1) is 6.65. The maximum Gasteiger partial charge on any atom is 0.194 e. The summed E-state index contributed by atoms with van der Waals surface area (Å²) in [7, 11) is 0. The van der Waals surface area contributed by atoms with E-state index in [1.807, 2.05) is 6.92 Å². The standard InChI is InChI=1S/C10H11F3O/c1-2-3-14-6-7-4-8(11)10(13)9(12)5-7/h4-5H,2-3,6H2,1H3. The molecule has 0 atom stereocenters. The average molecular weight is 204 g/mol. The van der Waals surface area contributed by atoms with Gasteiger partial charge in [0.15, 0.2) is 17.5 Å². The highest BCUT2D eigenvalue weighted by molar-refractivity contribution is 5.18. The summed E-state index contributed by atoms with van der Waals surface area (Å²) in [5.74, 6) is -3.80. The molecule has 0 aliphatic heterocycles. The lowest BCUT2D eigenvalue weighted by atomic mass is 10.2. The van der Waals surface area contributed by atoms with Gasteiger partial charge in [-0.1, -0.05) is 6.92 Å². The maximum atomic E-state index is 12.7. The molecule has 0 spiro atoms. The van der Waals surface area contributed by atoms with Crippen LogP contribution in [-0.4, -0.2) is 6.61 Å². The van der Waals surface area contributed by atoms with Gasteiger partial charge in [-0.15, -0.1) is 0 Å². The van der Waals surface area contributed by atoms with Crippen molar-refractivity contribution in [1.82, 2.24) is 0 Å². The summed E-state index contributed by atoms with van der Waals surface area (Å²) in [5.41, 5.74) is 0.301. The molecule has 1 aromatic rings. The highest BCUT2D eigenvalue weighted by Crippen LogP contribution is 2.14. The molecular formula is C10H11F3O. The Morgan fingerprint density at radius 2 is 1.71 bits per heavy atom. The Morgan fingerprint density at radius 1 is 1.14 bits per heavy atom. The number of hydrogen-bond donors (Lipinski definition) is 0. The van der Waals surface area contributed by atoms with E-state index < -0.39 is 17.5 Å². The van der Waals surface area contributed by atoms with Crippen molar-refractivity contribution >= 4 is 0 Å². The molecule has 4 heteroatoms. The monoisotopic (exact) mass is 204 g/mol. The molecule has 0 fully saturated rings. The molecule has 78 valence electrons. The van der Waals surface area contributed by atoms with Crippen molar-refractivity contribution in [3.63, 3.8) is 0 Å². The van der Waals surface area contributed by atoms with Crippen LogP contribution in [-0.2, 0) is 11.3 Å². The third-order valence-corrected chi connectivity index (χ3v) is 1.66. The van der Waals surface area contributed by atoms with Crippen molar-refractivity contribution in [1.29, 1.82) is 0 Å². The highest BCUT2D eigenvalue weighted by Gasteiger charge is 2.09. The lowest BCUT2D eigenvalue weighted by Gasteiger charge is -2.03. The predicted octanol–water partition coefficient (Wildman–Crippen LogP) is 3.03. The van der Waals surface area contributed by atoms with Crippen molar-refractivity contribution in [2.24, 2.45) is 0 Å². The number of halogens is 3. The van der Waals surface area contributed by atoms with Gasteiger partial charge in [0.25, 0.3) is 0 Å². The molecule has 0 unspecified atom stereocenters. The molecular weight excluding hydrogens is 193 g/mol. The smallest absolute Gasteiger partial charge is 0.194 e. The predicted molar refractivity (Wildman–Crippen MR) is 46.3 cm³/mol. The Labute approximate surface area is 80.5 Å². The first kappa shape index (κ1) is 11.0. The summed E-state index contributed by atoms with van der Waals surface area (Å²) in [4.78, 5) is 0. The summed E-state index contributed by atoms with van der Waals surface area (Å²) >= 11 is 0. The third kappa shape index (κ3) is 2.73. The van der Waals surface area contributed by atoms with Crippen LogP contribution in [0.15, 0.2) is 12.1 Å². The fourth-order valence-electron chi connectivity index (χ4n) is 1.03. The lowest BCUT2D eigenvalue weighted by Crippen LogP contribution is -1.98. The van der Waals surface area contributed by atoms with Crippen LogP contribution >= 0.6 is 0 Å². The first-order valence-corrected chi connectivity index (χ1v) is 4.36.